The summed E-state index contributed by atoms with van der Waals surface area (Å²) in [6, 6.07) is 16.3. The summed E-state index contributed by atoms with van der Waals surface area (Å²) in [6.45, 7) is 8.78. The van der Waals surface area contributed by atoms with Crippen LogP contribution in [0.5, 0.6) is 5.75 Å². The van der Waals surface area contributed by atoms with Crippen LogP contribution in [-0.2, 0) is 15.9 Å². The molecule has 0 aliphatic carbocycles. The van der Waals surface area contributed by atoms with Crippen molar-refractivity contribution in [2.45, 2.75) is 45.5 Å². The minimum Gasteiger partial charge on any atom is -0.489 e. The number of H-pyrrole nitrogens is 1. The van der Waals surface area contributed by atoms with Crippen molar-refractivity contribution in [2.75, 3.05) is 0 Å². The zero-order valence-corrected chi connectivity index (χ0v) is 15.7. The Morgan fingerprint density at radius 3 is 2.35 bits per heavy atom. The van der Waals surface area contributed by atoms with E-state index in [0.717, 1.165) is 27.7 Å². The molecule has 2 heterocycles. The predicted molar refractivity (Wildman–Crippen MR) is 105 cm³/mol. The van der Waals surface area contributed by atoms with Gasteiger partial charge in [-0.1, -0.05) is 30.3 Å². The van der Waals surface area contributed by atoms with Crippen molar-refractivity contribution in [1.29, 1.82) is 0 Å². The second kappa shape index (κ2) is 6.18. The Morgan fingerprint density at radius 1 is 0.962 bits per heavy atom. The fourth-order valence-electron chi connectivity index (χ4n) is 3.15. The van der Waals surface area contributed by atoms with Gasteiger partial charge in [-0.2, -0.15) is 0 Å². The zero-order valence-electron chi connectivity index (χ0n) is 15.7. The topological polar surface area (TPSA) is 43.5 Å². The van der Waals surface area contributed by atoms with E-state index in [0.29, 0.717) is 6.61 Å². The Bertz CT molecular complexity index is 901. The molecule has 0 atom stereocenters. The molecule has 0 saturated carbocycles. The Balaban J connectivity index is 1.65. The van der Waals surface area contributed by atoms with Crippen LogP contribution in [0.1, 0.15) is 33.3 Å². The smallest absolute Gasteiger partial charge is 0.489 e. The number of hydrogen-bond acceptors (Lipinski definition) is 3. The molecule has 26 heavy (non-hydrogen) atoms. The second-order valence-electron chi connectivity index (χ2n) is 7.82. The molecule has 4 nitrogen and oxygen atoms in total. The molecule has 4 rings (SSSR count). The average Bonchev–Trinajstić information content (AvgIpc) is 3.15. The van der Waals surface area contributed by atoms with Crippen molar-refractivity contribution in [3.05, 3.63) is 60.3 Å². The first-order valence-electron chi connectivity index (χ1n) is 8.99. The van der Waals surface area contributed by atoms with E-state index < -0.39 is 7.12 Å². The summed E-state index contributed by atoms with van der Waals surface area (Å²) < 4.78 is 18.5. The van der Waals surface area contributed by atoms with Crippen molar-refractivity contribution in [2.24, 2.45) is 0 Å². The van der Waals surface area contributed by atoms with E-state index in [-0.39, 0.29) is 11.2 Å². The molecule has 3 aromatic rings. The number of aromatic nitrogens is 1. The SMILES string of the molecule is CC1(C)OB(c2cc(OCc3ccccc3)cc3cc[nH]c23)OC1(C)C. The molecule has 0 bridgehead atoms. The quantitative estimate of drug-likeness (QED) is 0.723. The number of hydrogen-bond donors (Lipinski definition) is 1. The molecule has 0 radical (unpaired) electrons. The molecule has 1 N–H and O–H groups in total. The van der Waals surface area contributed by atoms with E-state index in [2.05, 4.69) is 44.8 Å². The third kappa shape index (κ3) is 3.02. The van der Waals surface area contributed by atoms with Crippen LogP contribution in [0.25, 0.3) is 10.9 Å². The Kier molecular flexibility index (Phi) is 4.09. The number of ether oxygens (including phenoxy) is 1. The van der Waals surface area contributed by atoms with Gasteiger partial charge in [-0.05, 0) is 51.5 Å². The van der Waals surface area contributed by atoms with Gasteiger partial charge in [-0.25, -0.2) is 0 Å². The first-order chi connectivity index (χ1) is 12.4. The molecule has 0 unspecified atom stereocenters. The van der Waals surface area contributed by atoms with Crippen LogP contribution in [0.15, 0.2) is 54.7 Å². The van der Waals surface area contributed by atoms with Gasteiger partial charge in [0.2, 0.25) is 0 Å². The lowest BCUT2D eigenvalue weighted by Crippen LogP contribution is -2.41. The highest BCUT2D eigenvalue weighted by atomic mass is 16.7. The highest BCUT2D eigenvalue weighted by Gasteiger charge is 2.52. The zero-order chi connectivity index (χ0) is 18.4. The number of aromatic amines is 1. The molecule has 5 heteroatoms. The summed E-state index contributed by atoms with van der Waals surface area (Å²) >= 11 is 0. The third-order valence-corrected chi connectivity index (χ3v) is 5.42. The van der Waals surface area contributed by atoms with Crippen LogP contribution in [-0.4, -0.2) is 23.3 Å². The summed E-state index contributed by atoms with van der Waals surface area (Å²) in [6.07, 6.45) is 1.93. The largest absolute Gasteiger partial charge is 0.497 e. The van der Waals surface area contributed by atoms with E-state index in [4.69, 9.17) is 14.0 Å². The van der Waals surface area contributed by atoms with Crippen LogP contribution >= 0.6 is 0 Å². The molecular weight excluding hydrogens is 325 g/mol. The molecule has 1 aliphatic heterocycles. The average molecular weight is 349 g/mol. The molecule has 0 amide bonds. The highest BCUT2D eigenvalue weighted by Crippen LogP contribution is 2.37. The lowest BCUT2D eigenvalue weighted by Gasteiger charge is -2.32. The van der Waals surface area contributed by atoms with Gasteiger partial charge in [0.1, 0.15) is 12.4 Å². The minimum absolute atomic E-state index is 0.377. The predicted octanol–water partition coefficient (Wildman–Crippen LogP) is 4.05. The van der Waals surface area contributed by atoms with Crippen LogP contribution in [0, 0.1) is 0 Å². The van der Waals surface area contributed by atoms with Crippen LogP contribution < -0.4 is 10.2 Å². The number of rotatable bonds is 4. The van der Waals surface area contributed by atoms with Crippen molar-refractivity contribution >= 4 is 23.5 Å². The summed E-state index contributed by atoms with van der Waals surface area (Å²) in [5.41, 5.74) is 2.37. The maximum absolute atomic E-state index is 6.25. The lowest BCUT2D eigenvalue weighted by molar-refractivity contribution is 0.00578. The van der Waals surface area contributed by atoms with Crippen LogP contribution in [0.3, 0.4) is 0 Å². The Labute approximate surface area is 154 Å². The molecule has 0 spiro atoms. The minimum atomic E-state index is -0.429. The number of nitrogens with one attached hydrogen (secondary N) is 1. The highest BCUT2D eigenvalue weighted by molar-refractivity contribution is 6.65. The van der Waals surface area contributed by atoms with Gasteiger partial charge in [0, 0.05) is 22.6 Å². The number of benzene rings is 2. The maximum atomic E-state index is 6.25. The Morgan fingerprint density at radius 2 is 1.65 bits per heavy atom. The first kappa shape index (κ1) is 17.2. The van der Waals surface area contributed by atoms with Gasteiger partial charge in [0.15, 0.2) is 0 Å². The normalized spacial score (nSPS) is 18.4. The summed E-state index contributed by atoms with van der Waals surface area (Å²) in [5.74, 6) is 0.811. The fourth-order valence-corrected chi connectivity index (χ4v) is 3.15. The lowest BCUT2D eigenvalue weighted by atomic mass is 9.77. The van der Waals surface area contributed by atoms with E-state index in [1.165, 1.54) is 0 Å². The molecule has 2 aromatic carbocycles. The maximum Gasteiger partial charge on any atom is 0.497 e. The molecule has 1 fully saturated rings. The van der Waals surface area contributed by atoms with E-state index >= 15 is 0 Å². The molecule has 134 valence electrons. The van der Waals surface area contributed by atoms with Gasteiger partial charge in [-0.15, -0.1) is 0 Å². The van der Waals surface area contributed by atoms with Crippen molar-refractivity contribution in [1.82, 2.24) is 4.98 Å². The van der Waals surface area contributed by atoms with E-state index in [9.17, 15) is 0 Å². The summed E-state index contributed by atoms with van der Waals surface area (Å²) in [7, 11) is -0.429. The van der Waals surface area contributed by atoms with Gasteiger partial charge in [-0.3, -0.25) is 0 Å². The summed E-state index contributed by atoms with van der Waals surface area (Å²) in [4.78, 5) is 3.31. The summed E-state index contributed by atoms with van der Waals surface area (Å²) in [5, 5.41) is 1.08. The molecular formula is C21H24BNO3. The molecule has 1 aromatic heterocycles. The van der Waals surface area contributed by atoms with Gasteiger partial charge < -0.3 is 19.0 Å². The monoisotopic (exact) mass is 349 g/mol. The molecule has 1 aliphatic rings. The van der Waals surface area contributed by atoms with Crippen molar-refractivity contribution in [3.63, 3.8) is 0 Å². The molecule has 1 saturated heterocycles. The second-order valence-corrected chi connectivity index (χ2v) is 7.82. The first-order valence-corrected chi connectivity index (χ1v) is 8.99. The number of fused-ring (bicyclic) bond motifs is 1. The van der Waals surface area contributed by atoms with Gasteiger partial charge in [0.25, 0.3) is 0 Å². The van der Waals surface area contributed by atoms with E-state index in [1.807, 2.05) is 42.6 Å². The Hall–Kier alpha value is -2.24. The van der Waals surface area contributed by atoms with Crippen molar-refractivity contribution in [3.8, 4) is 5.75 Å². The fraction of sp³-hybridized carbons (Fsp3) is 0.333. The van der Waals surface area contributed by atoms with Gasteiger partial charge in [0.05, 0.1) is 11.2 Å². The third-order valence-electron chi connectivity index (χ3n) is 5.42. The standard InChI is InChI=1S/C21H24BNO3/c1-20(2)21(3,4)26-22(25-20)18-13-17(12-16-10-11-23-19(16)18)24-14-15-8-6-5-7-9-15/h5-13,23H,14H2,1-4H3. The van der Waals surface area contributed by atoms with Crippen molar-refractivity contribution < 1.29 is 14.0 Å². The van der Waals surface area contributed by atoms with E-state index in [1.54, 1.807) is 0 Å². The van der Waals surface area contributed by atoms with Gasteiger partial charge >= 0.3 is 7.12 Å². The van der Waals surface area contributed by atoms with Crippen LogP contribution in [0.4, 0.5) is 0 Å². The van der Waals surface area contributed by atoms with Crippen LogP contribution in [0.2, 0.25) is 0 Å².